The Balaban J connectivity index is 2.25. The average Bonchev–Trinajstić information content (AvgIpc) is 2.69. The van der Waals surface area contributed by atoms with E-state index in [9.17, 15) is 19.2 Å². The summed E-state index contributed by atoms with van der Waals surface area (Å²) in [5.41, 5.74) is -1.01. The zero-order valence-electron chi connectivity index (χ0n) is 13.7. The van der Waals surface area contributed by atoms with Crippen LogP contribution in [0, 0.1) is 0 Å². The molecule has 0 bridgehead atoms. The molecule has 0 saturated heterocycles. The van der Waals surface area contributed by atoms with E-state index < -0.39 is 17.2 Å². The fraction of sp³-hybridized carbons (Fsp3) is 0.105. The number of hydrogen-bond acceptors (Lipinski definition) is 5. The minimum absolute atomic E-state index is 0.0233. The number of carbonyl (C=O) groups is 2. The number of carbonyl (C=O) groups excluding carboxylic acids is 2. The topological polar surface area (TPSA) is 91.0 Å². The van der Waals surface area contributed by atoms with Gasteiger partial charge in [0.1, 0.15) is 6.29 Å². The third-order valence-corrected chi connectivity index (χ3v) is 3.77. The molecular weight excluding hydrogens is 334 g/mol. The Bertz CT molecular complexity index is 1050. The quantitative estimate of drug-likeness (QED) is 0.649. The molecule has 1 aromatic heterocycles. The summed E-state index contributed by atoms with van der Waals surface area (Å²) < 4.78 is 1.54. The maximum atomic E-state index is 12.8. The van der Waals surface area contributed by atoms with Gasteiger partial charge in [-0.1, -0.05) is 48.5 Å². The van der Waals surface area contributed by atoms with Gasteiger partial charge in [-0.3, -0.25) is 9.59 Å². The minimum Gasteiger partial charge on any atom is -0.303 e. The maximum absolute atomic E-state index is 12.8. The number of hydrogen-bond donors (Lipinski definition) is 0. The van der Waals surface area contributed by atoms with Gasteiger partial charge in [0.2, 0.25) is 0 Å². The molecule has 3 aromatic rings. The SMILES string of the molecule is O=CCCn1nc(-c2ccccc2)c(=O)n(C(=O)c2ccccc2)c1=O. The van der Waals surface area contributed by atoms with E-state index in [1.807, 2.05) is 0 Å². The van der Waals surface area contributed by atoms with Gasteiger partial charge in [0, 0.05) is 17.5 Å². The third-order valence-electron chi connectivity index (χ3n) is 3.77. The molecule has 0 aliphatic rings. The molecular formula is C19H15N3O4. The van der Waals surface area contributed by atoms with Crippen molar-refractivity contribution in [1.82, 2.24) is 14.3 Å². The first-order valence-electron chi connectivity index (χ1n) is 7.96. The van der Waals surface area contributed by atoms with Crippen LogP contribution in [0.1, 0.15) is 16.8 Å². The molecule has 0 saturated carbocycles. The molecule has 0 unspecified atom stereocenters. The molecule has 0 atom stereocenters. The first-order chi connectivity index (χ1) is 12.6. The van der Waals surface area contributed by atoms with Gasteiger partial charge < -0.3 is 4.79 Å². The standard InChI is InChI=1S/C19H15N3O4/c23-13-7-12-21-19(26)22(17(24)15-10-5-2-6-11-15)18(25)16(20-21)14-8-3-1-4-9-14/h1-6,8-11,13H,7,12H2. The van der Waals surface area contributed by atoms with Crippen molar-refractivity contribution in [3.8, 4) is 11.3 Å². The molecule has 0 aliphatic heterocycles. The minimum atomic E-state index is -0.870. The van der Waals surface area contributed by atoms with E-state index in [-0.39, 0.29) is 24.2 Å². The predicted molar refractivity (Wildman–Crippen MR) is 95.0 cm³/mol. The summed E-state index contributed by atoms with van der Waals surface area (Å²) in [6.07, 6.45) is 0.684. The third kappa shape index (κ3) is 3.27. The molecule has 3 rings (SSSR count). The molecule has 7 nitrogen and oxygen atoms in total. The lowest BCUT2D eigenvalue weighted by atomic mass is 10.1. The van der Waals surface area contributed by atoms with Crippen LogP contribution in [0.5, 0.6) is 0 Å². The number of aromatic nitrogens is 3. The molecule has 130 valence electrons. The molecule has 26 heavy (non-hydrogen) atoms. The highest BCUT2D eigenvalue weighted by Crippen LogP contribution is 2.11. The van der Waals surface area contributed by atoms with Gasteiger partial charge in [-0.25, -0.2) is 9.48 Å². The summed E-state index contributed by atoms with van der Waals surface area (Å²) in [7, 11) is 0. The molecule has 1 heterocycles. The van der Waals surface area contributed by atoms with Gasteiger partial charge >= 0.3 is 5.69 Å². The molecule has 0 fully saturated rings. The number of aldehydes is 1. The van der Waals surface area contributed by atoms with E-state index in [0.29, 0.717) is 16.4 Å². The fourth-order valence-corrected chi connectivity index (χ4v) is 2.50. The Labute approximate surface area is 148 Å². The smallest absolute Gasteiger partial charge is 0.303 e. The van der Waals surface area contributed by atoms with Crippen molar-refractivity contribution in [3.05, 3.63) is 87.1 Å². The first kappa shape index (κ1) is 17.2. The monoisotopic (exact) mass is 349 g/mol. The molecule has 0 radical (unpaired) electrons. The van der Waals surface area contributed by atoms with E-state index in [1.54, 1.807) is 48.5 Å². The summed E-state index contributed by atoms with van der Waals surface area (Å²) in [6.45, 7) is -0.0233. The molecule has 0 aliphatic carbocycles. The van der Waals surface area contributed by atoms with Crippen LogP contribution in [0.2, 0.25) is 0 Å². The van der Waals surface area contributed by atoms with Gasteiger partial charge in [-0.15, -0.1) is 0 Å². The van der Waals surface area contributed by atoms with Gasteiger partial charge in [0.25, 0.3) is 11.5 Å². The van der Waals surface area contributed by atoms with Crippen molar-refractivity contribution in [2.45, 2.75) is 13.0 Å². The first-order valence-corrected chi connectivity index (χ1v) is 7.96. The Morgan fingerprint density at radius 1 is 0.962 bits per heavy atom. The van der Waals surface area contributed by atoms with E-state index in [4.69, 9.17) is 0 Å². The fourth-order valence-electron chi connectivity index (χ4n) is 2.50. The zero-order valence-corrected chi connectivity index (χ0v) is 13.7. The van der Waals surface area contributed by atoms with E-state index >= 15 is 0 Å². The molecule has 2 aromatic carbocycles. The second-order valence-corrected chi connectivity index (χ2v) is 5.49. The average molecular weight is 349 g/mol. The maximum Gasteiger partial charge on any atom is 0.354 e. The van der Waals surface area contributed by atoms with Crippen molar-refractivity contribution < 1.29 is 9.59 Å². The zero-order chi connectivity index (χ0) is 18.5. The summed E-state index contributed by atoms with van der Waals surface area (Å²) >= 11 is 0. The van der Waals surface area contributed by atoms with Crippen molar-refractivity contribution in [2.24, 2.45) is 0 Å². The Morgan fingerprint density at radius 2 is 1.58 bits per heavy atom. The largest absolute Gasteiger partial charge is 0.354 e. The van der Waals surface area contributed by atoms with Crippen LogP contribution >= 0.6 is 0 Å². The van der Waals surface area contributed by atoms with E-state index in [0.717, 1.165) is 4.68 Å². The highest BCUT2D eigenvalue weighted by molar-refractivity contribution is 5.95. The van der Waals surface area contributed by atoms with Gasteiger partial charge in [-0.05, 0) is 12.1 Å². The van der Waals surface area contributed by atoms with Crippen LogP contribution in [0.15, 0.2) is 70.3 Å². The lowest BCUT2D eigenvalue weighted by Crippen LogP contribution is -2.46. The Morgan fingerprint density at radius 3 is 2.19 bits per heavy atom. The van der Waals surface area contributed by atoms with Crippen LogP contribution in [0.3, 0.4) is 0 Å². The van der Waals surface area contributed by atoms with Crippen molar-refractivity contribution in [2.75, 3.05) is 0 Å². The molecule has 7 heteroatoms. The van der Waals surface area contributed by atoms with Crippen LogP contribution in [-0.4, -0.2) is 26.5 Å². The second kappa shape index (κ2) is 7.52. The van der Waals surface area contributed by atoms with Crippen molar-refractivity contribution >= 4 is 12.2 Å². The molecule has 0 spiro atoms. The lowest BCUT2D eigenvalue weighted by molar-refractivity contribution is -0.108. The normalized spacial score (nSPS) is 10.5. The Hall–Kier alpha value is -3.61. The van der Waals surface area contributed by atoms with E-state index in [1.165, 1.54) is 12.1 Å². The van der Waals surface area contributed by atoms with Crippen LogP contribution in [0.4, 0.5) is 0 Å². The summed E-state index contributed by atoms with van der Waals surface area (Å²) in [5.74, 6) is -0.736. The van der Waals surface area contributed by atoms with Crippen molar-refractivity contribution in [1.29, 1.82) is 0 Å². The van der Waals surface area contributed by atoms with Crippen LogP contribution < -0.4 is 11.2 Å². The van der Waals surface area contributed by atoms with Crippen LogP contribution in [0.25, 0.3) is 11.3 Å². The number of aryl methyl sites for hydroxylation is 1. The Kier molecular flexibility index (Phi) is 4.98. The highest BCUT2D eigenvalue weighted by Gasteiger charge is 2.20. The summed E-state index contributed by atoms with van der Waals surface area (Å²) in [4.78, 5) is 48.9. The number of rotatable bonds is 5. The predicted octanol–water partition coefficient (Wildman–Crippen LogP) is 1.35. The van der Waals surface area contributed by atoms with Gasteiger partial charge in [0.15, 0.2) is 5.69 Å². The lowest BCUT2D eigenvalue weighted by Gasteiger charge is -2.10. The number of benzene rings is 2. The van der Waals surface area contributed by atoms with Crippen LogP contribution in [-0.2, 0) is 11.3 Å². The summed E-state index contributed by atoms with van der Waals surface area (Å²) in [5, 5.41) is 4.08. The summed E-state index contributed by atoms with van der Waals surface area (Å²) in [6, 6.07) is 16.6. The van der Waals surface area contributed by atoms with E-state index in [2.05, 4.69) is 5.10 Å². The van der Waals surface area contributed by atoms with Crippen molar-refractivity contribution in [3.63, 3.8) is 0 Å². The molecule has 0 N–H and O–H groups in total. The molecule has 0 amide bonds. The van der Waals surface area contributed by atoms with Gasteiger partial charge in [0.05, 0.1) is 6.54 Å². The highest BCUT2D eigenvalue weighted by atomic mass is 16.2. The number of nitrogens with zero attached hydrogens (tertiary/aromatic N) is 3. The second-order valence-electron chi connectivity index (χ2n) is 5.49. The van der Waals surface area contributed by atoms with Gasteiger partial charge in [-0.2, -0.15) is 9.67 Å².